The van der Waals surface area contributed by atoms with Crippen molar-refractivity contribution >= 4 is 11.8 Å². The van der Waals surface area contributed by atoms with Crippen LogP contribution in [0.15, 0.2) is 22.8 Å². The molecule has 0 aliphatic heterocycles. The summed E-state index contributed by atoms with van der Waals surface area (Å²) >= 11 is 0. The van der Waals surface area contributed by atoms with Gasteiger partial charge in [-0.05, 0) is 24.6 Å². The summed E-state index contributed by atoms with van der Waals surface area (Å²) in [5.74, 6) is -0.0167. The monoisotopic (exact) mass is 253 g/mol. The number of Topliss-reactive ketones (excluding diaryl/α,β-unsaturated/α-hetero) is 1. The van der Waals surface area contributed by atoms with Crippen LogP contribution in [-0.4, -0.2) is 31.4 Å². The zero-order chi connectivity index (χ0) is 13.5. The molecule has 0 bridgehead atoms. The summed E-state index contributed by atoms with van der Waals surface area (Å²) in [5.41, 5.74) is 0. The second-order valence-electron chi connectivity index (χ2n) is 4.48. The predicted molar refractivity (Wildman–Crippen MR) is 66.3 cm³/mol. The van der Waals surface area contributed by atoms with Crippen molar-refractivity contribution in [3.8, 4) is 0 Å². The Labute approximate surface area is 106 Å². The van der Waals surface area contributed by atoms with Crippen molar-refractivity contribution in [3.63, 3.8) is 0 Å². The first-order chi connectivity index (χ1) is 8.54. The summed E-state index contributed by atoms with van der Waals surface area (Å²) in [5, 5.41) is 3.06. The number of ether oxygens (including phenoxy) is 1. The van der Waals surface area contributed by atoms with E-state index >= 15 is 0 Å². The Morgan fingerprint density at radius 3 is 2.67 bits per heavy atom. The third kappa shape index (κ3) is 4.33. The molecule has 5 heteroatoms. The SMILES string of the molecule is COC(=O)CC(NCC(C)C)C(=O)c1ccco1. The van der Waals surface area contributed by atoms with E-state index < -0.39 is 12.0 Å². The number of hydrogen-bond acceptors (Lipinski definition) is 5. The van der Waals surface area contributed by atoms with Gasteiger partial charge in [-0.3, -0.25) is 9.59 Å². The van der Waals surface area contributed by atoms with Crippen molar-refractivity contribution < 1.29 is 18.7 Å². The fourth-order valence-corrected chi connectivity index (χ4v) is 1.48. The lowest BCUT2D eigenvalue weighted by Gasteiger charge is -2.16. The van der Waals surface area contributed by atoms with Crippen LogP contribution in [0.4, 0.5) is 0 Å². The van der Waals surface area contributed by atoms with Gasteiger partial charge in [-0.15, -0.1) is 0 Å². The third-order valence-corrected chi connectivity index (χ3v) is 2.45. The average molecular weight is 253 g/mol. The topological polar surface area (TPSA) is 68.5 Å². The number of carbonyl (C=O) groups is 2. The first kappa shape index (κ1) is 14.4. The number of carbonyl (C=O) groups excluding carboxylic acids is 2. The molecule has 0 saturated carbocycles. The predicted octanol–water partition coefficient (Wildman–Crippen LogP) is 1.64. The van der Waals surface area contributed by atoms with Crippen molar-refractivity contribution in [3.05, 3.63) is 24.2 Å². The highest BCUT2D eigenvalue weighted by Crippen LogP contribution is 2.08. The van der Waals surface area contributed by atoms with Gasteiger partial charge in [0, 0.05) is 0 Å². The first-order valence-corrected chi connectivity index (χ1v) is 5.92. The molecule has 1 aromatic heterocycles. The number of hydrogen-bond donors (Lipinski definition) is 1. The number of nitrogens with one attached hydrogen (secondary N) is 1. The zero-order valence-corrected chi connectivity index (χ0v) is 10.9. The molecule has 0 saturated heterocycles. The number of esters is 1. The minimum absolute atomic E-state index is 0.00273. The molecule has 1 aromatic rings. The normalized spacial score (nSPS) is 12.4. The largest absolute Gasteiger partial charge is 0.469 e. The van der Waals surface area contributed by atoms with Crippen molar-refractivity contribution in [1.82, 2.24) is 5.32 Å². The van der Waals surface area contributed by atoms with E-state index in [0.717, 1.165) is 0 Å². The van der Waals surface area contributed by atoms with Gasteiger partial charge in [0.25, 0.3) is 0 Å². The number of methoxy groups -OCH3 is 1. The van der Waals surface area contributed by atoms with E-state index in [-0.39, 0.29) is 18.0 Å². The van der Waals surface area contributed by atoms with Gasteiger partial charge in [-0.1, -0.05) is 13.8 Å². The molecular weight excluding hydrogens is 234 g/mol. The fraction of sp³-hybridized carbons (Fsp3) is 0.538. The quantitative estimate of drug-likeness (QED) is 0.591. The first-order valence-electron chi connectivity index (χ1n) is 5.92. The lowest BCUT2D eigenvalue weighted by molar-refractivity contribution is -0.141. The average Bonchev–Trinajstić information content (AvgIpc) is 2.86. The molecule has 1 N–H and O–H groups in total. The van der Waals surface area contributed by atoms with Gasteiger partial charge in [0.15, 0.2) is 5.76 Å². The molecule has 5 nitrogen and oxygen atoms in total. The lowest BCUT2D eigenvalue weighted by Crippen LogP contribution is -2.40. The fourth-order valence-electron chi connectivity index (χ4n) is 1.48. The van der Waals surface area contributed by atoms with E-state index in [1.807, 2.05) is 13.8 Å². The molecule has 0 spiro atoms. The van der Waals surface area contributed by atoms with E-state index in [1.165, 1.54) is 13.4 Å². The minimum Gasteiger partial charge on any atom is -0.469 e. The molecular formula is C13H19NO4. The summed E-state index contributed by atoms with van der Waals surface area (Å²) in [6, 6.07) is 2.63. The minimum atomic E-state index is -0.606. The maximum absolute atomic E-state index is 12.1. The van der Waals surface area contributed by atoms with Crippen molar-refractivity contribution in [1.29, 1.82) is 0 Å². The Hall–Kier alpha value is -1.62. The van der Waals surface area contributed by atoms with Gasteiger partial charge in [0.05, 0.1) is 25.8 Å². The molecule has 0 fully saturated rings. The molecule has 100 valence electrons. The third-order valence-electron chi connectivity index (χ3n) is 2.45. The van der Waals surface area contributed by atoms with Crippen molar-refractivity contribution in [2.75, 3.05) is 13.7 Å². The summed E-state index contributed by atoms with van der Waals surface area (Å²) < 4.78 is 9.65. The van der Waals surface area contributed by atoms with E-state index in [9.17, 15) is 9.59 Å². The van der Waals surface area contributed by atoms with Crippen LogP contribution in [0.2, 0.25) is 0 Å². The molecule has 0 aromatic carbocycles. The van der Waals surface area contributed by atoms with E-state index in [1.54, 1.807) is 12.1 Å². The van der Waals surface area contributed by atoms with E-state index in [0.29, 0.717) is 12.5 Å². The maximum Gasteiger partial charge on any atom is 0.307 e. The second-order valence-corrected chi connectivity index (χ2v) is 4.48. The summed E-state index contributed by atoms with van der Waals surface area (Å²) in [7, 11) is 1.30. The molecule has 18 heavy (non-hydrogen) atoms. The molecule has 0 amide bonds. The Morgan fingerprint density at radius 2 is 2.17 bits per heavy atom. The lowest BCUT2D eigenvalue weighted by atomic mass is 10.1. The van der Waals surface area contributed by atoms with Crippen LogP contribution < -0.4 is 5.32 Å². The van der Waals surface area contributed by atoms with Crippen LogP contribution in [-0.2, 0) is 9.53 Å². The highest BCUT2D eigenvalue weighted by molar-refractivity contribution is 5.99. The zero-order valence-electron chi connectivity index (χ0n) is 10.9. The highest BCUT2D eigenvalue weighted by atomic mass is 16.5. The highest BCUT2D eigenvalue weighted by Gasteiger charge is 2.25. The standard InChI is InChI=1S/C13H19NO4/c1-9(2)8-14-10(7-12(15)17-3)13(16)11-5-4-6-18-11/h4-6,9-10,14H,7-8H2,1-3H3. The summed E-state index contributed by atoms with van der Waals surface area (Å²) in [4.78, 5) is 23.4. The van der Waals surface area contributed by atoms with Gasteiger partial charge in [0.1, 0.15) is 0 Å². The van der Waals surface area contributed by atoms with E-state index in [2.05, 4.69) is 10.1 Å². The Bertz CT molecular complexity index is 384. The van der Waals surface area contributed by atoms with Crippen LogP contribution in [0.1, 0.15) is 30.8 Å². The number of rotatable bonds is 7. The molecule has 0 aliphatic carbocycles. The molecule has 1 heterocycles. The number of furan rings is 1. The Morgan fingerprint density at radius 1 is 1.44 bits per heavy atom. The van der Waals surface area contributed by atoms with Gasteiger partial charge in [-0.2, -0.15) is 0 Å². The maximum atomic E-state index is 12.1. The van der Waals surface area contributed by atoms with Crippen LogP contribution in [0, 0.1) is 5.92 Å². The smallest absolute Gasteiger partial charge is 0.307 e. The molecule has 1 atom stereocenters. The molecule has 1 rings (SSSR count). The van der Waals surface area contributed by atoms with Crippen LogP contribution >= 0.6 is 0 Å². The van der Waals surface area contributed by atoms with Gasteiger partial charge in [0.2, 0.25) is 5.78 Å². The van der Waals surface area contributed by atoms with E-state index in [4.69, 9.17) is 4.42 Å². The van der Waals surface area contributed by atoms with Gasteiger partial charge in [-0.25, -0.2) is 0 Å². The second kappa shape index (κ2) is 6.96. The summed E-state index contributed by atoms with van der Waals surface area (Å²) in [6.07, 6.45) is 1.44. The van der Waals surface area contributed by atoms with Crippen molar-refractivity contribution in [2.45, 2.75) is 26.3 Å². The molecule has 0 aliphatic rings. The Balaban J connectivity index is 2.69. The van der Waals surface area contributed by atoms with Gasteiger partial charge >= 0.3 is 5.97 Å². The molecule has 1 unspecified atom stereocenters. The van der Waals surface area contributed by atoms with Gasteiger partial charge < -0.3 is 14.5 Å². The number of ketones is 1. The molecule has 0 radical (unpaired) electrons. The van der Waals surface area contributed by atoms with Crippen molar-refractivity contribution in [2.24, 2.45) is 5.92 Å². The van der Waals surface area contributed by atoms with Crippen LogP contribution in [0.3, 0.4) is 0 Å². The van der Waals surface area contributed by atoms with Crippen LogP contribution in [0.5, 0.6) is 0 Å². The van der Waals surface area contributed by atoms with Crippen LogP contribution in [0.25, 0.3) is 0 Å². The summed E-state index contributed by atoms with van der Waals surface area (Å²) in [6.45, 7) is 4.70. The Kier molecular flexibility index (Phi) is 5.58.